The molecule has 6 heteroatoms. The molecule has 2 bridgehead atoms. The fourth-order valence-electron chi connectivity index (χ4n) is 3.60. The number of hydrogen-bond acceptors (Lipinski definition) is 2. The first-order chi connectivity index (χ1) is 8.49. The average molecular weight is 297 g/mol. The van der Waals surface area contributed by atoms with E-state index >= 15 is 0 Å². The van der Waals surface area contributed by atoms with Gasteiger partial charge >= 0.3 is 0 Å². The van der Waals surface area contributed by atoms with Gasteiger partial charge in [-0.2, -0.15) is 0 Å². The van der Waals surface area contributed by atoms with E-state index in [0.717, 1.165) is 25.7 Å². The molecule has 0 aliphatic heterocycles. The van der Waals surface area contributed by atoms with Crippen molar-refractivity contribution in [3.8, 4) is 0 Å². The Hall–Kier alpha value is -0.420. The molecule has 0 aromatic heterocycles. The van der Waals surface area contributed by atoms with Crippen LogP contribution < -0.4 is 5.73 Å². The molecule has 2 atom stereocenters. The van der Waals surface area contributed by atoms with Gasteiger partial charge in [0.1, 0.15) is 0 Å². The summed E-state index contributed by atoms with van der Waals surface area (Å²) in [7, 11) is 1.47. The van der Waals surface area contributed by atoms with Gasteiger partial charge in [0.2, 0.25) is 5.91 Å². The van der Waals surface area contributed by atoms with Gasteiger partial charge in [0.15, 0.2) is 0 Å². The fourth-order valence-corrected chi connectivity index (χ4v) is 3.60. The van der Waals surface area contributed by atoms with Crippen molar-refractivity contribution in [3.05, 3.63) is 0 Å². The van der Waals surface area contributed by atoms with Crippen molar-refractivity contribution in [2.75, 3.05) is 13.6 Å². The molecule has 0 radical (unpaired) electrons. The zero-order valence-electron chi connectivity index (χ0n) is 11.2. The summed E-state index contributed by atoms with van der Waals surface area (Å²) in [6, 6.07) is 0.211. The van der Waals surface area contributed by atoms with Crippen LogP contribution in [0.3, 0.4) is 0 Å². The van der Waals surface area contributed by atoms with Crippen molar-refractivity contribution in [2.45, 2.75) is 44.6 Å². The highest BCUT2D eigenvalue weighted by atomic mass is 35.5. The molecule has 19 heavy (non-hydrogen) atoms. The summed E-state index contributed by atoms with van der Waals surface area (Å²) in [6.45, 7) is -0.462. The molecule has 2 saturated carbocycles. The largest absolute Gasteiger partial charge is 0.340 e. The normalized spacial score (nSPS) is 33.7. The second-order valence-corrected chi connectivity index (χ2v) is 5.81. The third kappa shape index (κ3) is 3.78. The van der Waals surface area contributed by atoms with E-state index in [1.54, 1.807) is 0 Å². The molecular weight excluding hydrogens is 274 g/mol. The Balaban J connectivity index is 0.00000180. The average Bonchev–Trinajstić information content (AvgIpc) is 2.26. The molecule has 0 heterocycles. The van der Waals surface area contributed by atoms with E-state index in [1.165, 1.54) is 18.4 Å². The lowest BCUT2D eigenvalue weighted by molar-refractivity contribution is -0.139. The molecule has 3 nitrogen and oxygen atoms in total. The maximum absolute atomic E-state index is 12.3. The molecule has 0 aromatic rings. The van der Waals surface area contributed by atoms with E-state index in [9.17, 15) is 13.6 Å². The Labute approximate surface area is 119 Å². The molecule has 2 unspecified atom stereocenters. The highest BCUT2D eigenvalue weighted by molar-refractivity contribution is 5.85. The maximum Gasteiger partial charge on any atom is 0.255 e. The van der Waals surface area contributed by atoms with E-state index in [-0.39, 0.29) is 30.3 Å². The van der Waals surface area contributed by atoms with Gasteiger partial charge in [-0.15, -0.1) is 12.4 Å². The van der Waals surface area contributed by atoms with E-state index in [4.69, 9.17) is 5.73 Å². The van der Waals surface area contributed by atoms with Crippen LogP contribution in [0, 0.1) is 17.8 Å². The van der Waals surface area contributed by atoms with Gasteiger partial charge in [0, 0.05) is 19.0 Å². The van der Waals surface area contributed by atoms with Crippen LogP contribution in [0.4, 0.5) is 8.78 Å². The number of alkyl halides is 2. The second-order valence-electron chi connectivity index (χ2n) is 5.81. The number of halogens is 3. The first kappa shape index (κ1) is 16.6. The van der Waals surface area contributed by atoms with Crippen LogP contribution in [0.1, 0.15) is 32.1 Å². The first-order valence-electron chi connectivity index (χ1n) is 6.77. The van der Waals surface area contributed by atoms with Gasteiger partial charge in [-0.3, -0.25) is 4.79 Å². The van der Waals surface area contributed by atoms with Gasteiger partial charge in [-0.25, -0.2) is 8.78 Å². The molecule has 2 aliphatic rings. The molecule has 0 saturated heterocycles. The summed E-state index contributed by atoms with van der Waals surface area (Å²) in [4.78, 5) is 13.3. The molecule has 0 spiro atoms. The van der Waals surface area contributed by atoms with Crippen molar-refractivity contribution >= 4 is 18.3 Å². The van der Waals surface area contributed by atoms with Crippen molar-refractivity contribution in [2.24, 2.45) is 23.5 Å². The van der Waals surface area contributed by atoms with Crippen molar-refractivity contribution in [3.63, 3.8) is 0 Å². The first-order valence-corrected chi connectivity index (χ1v) is 6.77. The third-order valence-corrected chi connectivity index (χ3v) is 4.55. The quantitative estimate of drug-likeness (QED) is 0.868. The lowest BCUT2D eigenvalue weighted by atomic mass is 9.65. The Morgan fingerprint density at radius 3 is 2.32 bits per heavy atom. The van der Waals surface area contributed by atoms with Gasteiger partial charge in [0.25, 0.3) is 6.43 Å². The minimum atomic E-state index is -2.45. The Morgan fingerprint density at radius 1 is 1.32 bits per heavy atom. The third-order valence-electron chi connectivity index (χ3n) is 4.55. The number of rotatable bonds is 3. The smallest absolute Gasteiger partial charge is 0.255 e. The minimum Gasteiger partial charge on any atom is -0.340 e. The van der Waals surface area contributed by atoms with Gasteiger partial charge in [-0.05, 0) is 37.5 Å². The number of nitrogens with zero attached hydrogens (tertiary/aromatic N) is 1. The summed E-state index contributed by atoms with van der Waals surface area (Å²) >= 11 is 0. The lowest BCUT2D eigenvalue weighted by Gasteiger charge is -2.44. The predicted molar refractivity (Wildman–Crippen MR) is 72.4 cm³/mol. The number of fused-ring (bicyclic) bond motifs is 2. The van der Waals surface area contributed by atoms with Crippen LogP contribution in [0.15, 0.2) is 0 Å². The topological polar surface area (TPSA) is 46.3 Å². The molecule has 1 amide bonds. The van der Waals surface area contributed by atoms with Crippen LogP contribution >= 0.6 is 12.4 Å². The second kappa shape index (κ2) is 6.84. The Morgan fingerprint density at radius 2 is 1.84 bits per heavy atom. The van der Waals surface area contributed by atoms with E-state index in [0.29, 0.717) is 11.8 Å². The van der Waals surface area contributed by atoms with Crippen molar-refractivity contribution < 1.29 is 13.6 Å². The predicted octanol–water partition coefficient (Wildman–Crippen LogP) is 2.29. The van der Waals surface area contributed by atoms with E-state index in [1.807, 2.05) is 0 Å². The van der Waals surface area contributed by atoms with Gasteiger partial charge < -0.3 is 10.6 Å². The summed E-state index contributed by atoms with van der Waals surface area (Å²) in [5.41, 5.74) is 6.16. The highest BCUT2D eigenvalue weighted by Gasteiger charge is 2.41. The zero-order valence-corrected chi connectivity index (χ0v) is 12.0. The number of amides is 1. The van der Waals surface area contributed by atoms with Gasteiger partial charge in [-0.1, -0.05) is 6.42 Å². The van der Waals surface area contributed by atoms with Crippen LogP contribution in [-0.2, 0) is 4.79 Å². The molecule has 0 aromatic carbocycles. The fraction of sp³-hybridized carbons (Fsp3) is 0.923. The number of hydrogen-bond donors (Lipinski definition) is 1. The molecule has 2 aliphatic carbocycles. The van der Waals surface area contributed by atoms with Gasteiger partial charge in [0.05, 0.1) is 6.54 Å². The monoisotopic (exact) mass is 296 g/mol. The lowest BCUT2D eigenvalue weighted by Crippen LogP contribution is -2.49. The highest BCUT2D eigenvalue weighted by Crippen LogP contribution is 2.42. The van der Waals surface area contributed by atoms with E-state index < -0.39 is 13.0 Å². The zero-order chi connectivity index (χ0) is 13.3. The molecular formula is C13H23ClF2N2O. The minimum absolute atomic E-state index is 0. The van der Waals surface area contributed by atoms with Crippen LogP contribution in [0.2, 0.25) is 0 Å². The van der Waals surface area contributed by atoms with Crippen molar-refractivity contribution in [1.29, 1.82) is 0 Å². The molecule has 2 rings (SSSR count). The van der Waals surface area contributed by atoms with Crippen LogP contribution in [0.5, 0.6) is 0 Å². The molecule has 2 fully saturated rings. The summed E-state index contributed by atoms with van der Waals surface area (Å²) < 4.78 is 24.6. The van der Waals surface area contributed by atoms with E-state index in [2.05, 4.69) is 0 Å². The Kier molecular flexibility index (Phi) is 5.99. The van der Waals surface area contributed by atoms with Crippen molar-refractivity contribution in [1.82, 2.24) is 4.90 Å². The summed E-state index contributed by atoms with van der Waals surface area (Å²) in [5.74, 6) is 0.598. The number of nitrogens with two attached hydrogens (primary N) is 1. The maximum atomic E-state index is 12.3. The Bertz CT molecular complexity index is 303. The molecule has 2 N–H and O–H groups in total. The summed E-state index contributed by atoms with van der Waals surface area (Å²) in [5, 5.41) is 0. The number of carbonyl (C=O) groups is 1. The van der Waals surface area contributed by atoms with Crippen LogP contribution in [0.25, 0.3) is 0 Å². The SMILES string of the molecule is CN(CC(F)F)C(=O)C1CC2CCCC(C1)C2N.Cl. The molecule has 112 valence electrons. The summed E-state index contributed by atoms with van der Waals surface area (Å²) in [6.07, 6.45) is 2.47. The number of carbonyl (C=O) groups excluding carboxylic acids is 1. The van der Waals surface area contributed by atoms with Crippen LogP contribution in [-0.4, -0.2) is 36.9 Å². The standard InChI is InChI=1S/C13H22F2N2O.ClH/c1-17(7-11(14)15)13(18)10-5-8-3-2-4-9(6-10)12(8)16;/h8-12H,2-7,16H2,1H3;1H.